The first kappa shape index (κ1) is 17.0. The van der Waals surface area contributed by atoms with Crippen LogP contribution in [0.15, 0.2) is 21.7 Å². The van der Waals surface area contributed by atoms with E-state index in [9.17, 15) is 9.59 Å². The lowest BCUT2D eigenvalue weighted by Gasteiger charge is -2.47. The molecule has 10 heteroatoms. The standard InChI is InChI=1S/C16H18BrN5O4/c1-8-14(23)20-19-13-5-26-12-3-9(17)10(4-11(12)22(8)13)18-16(2)6-21(7-16)15(24)25/h3-4,8,18H,5-7H2,1-2H3,(H,20,23)(H,24,25)/t8-/m1/s1. The van der Waals surface area contributed by atoms with E-state index in [-0.39, 0.29) is 18.1 Å². The van der Waals surface area contributed by atoms with Crippen LogP contribution in [0.5, 0.6) is 5.75 Å². The van der Waals surface area contributed by atoms with E-state index in [1.807, 2.05) is 30.9 Å². The van der Waals surface area contributed by atoms with E-state index >= 15 is 0 Å². The quantitative estimate of drug-likeness (QED) is 0.667. The van der Waals surface area contributed by atoms with Crippen LogP contribution in [-0.4, -0.2) is 59.1 Å². The van der Waals surface area contributed by atoms with Crippen LogP contribution in [0.25, 0.3) is 0 Å². The van der Waals surface area contributed by atoms with Gasteiger partial charge in [-0.1, -0.05) is 0 Å². The maximum Gasteiger partial charge on any atom is 0.407 e. The molecule has 1 aromatic rings. The van der Waals surface area contributed by atoms with Gasteiger partial charge in [-0.25, -0.2) is 10.2 Å². The lowest BCUT2D eigenvalue weighted by atomic mass is 9.92. The molecule has 3 aliphatic rings. The van der Waals surface area contributed by atoms with E-state index in [0.29, 0.717) is 24.7 Å². The molecule has 1 saturated heterocycles. The van der Waals surface area contributed by atoms with Crippen molar-refractivity contribution in [3.8, 4) is 5.75 Å². The number of rotatable bonds is 2. The molecule has 0 aliphatic carbocycles. The first-order valence-electron chi connectivity index (χ1n) is 8.15. The molecule has 0 spiro atoms. The van der Waals surface area contributed by atoms with Crippen molar-refractivity contribution in [1.29, 1.82) is 0 Å². The van der Waals surface area contributed by atoms with Gasteiger partial charge in [0.15, 0.2) is 5.84 Å². The number of hydrogen-bond acceptors (Lipinski definition) is 6. The number of amidine groups is 1. The van der Waals surface area contributed by atoms with Gasteiger partial charge in [0, 0.05) is 17.6 Å². The Morgan fingerprint density at radius 2 is 2.23 bits per heavy atom. The fourth-order valence-electron chi connectivity index (χ4n) is 3.48. The normalized spacial score (nSPS) is 23.0. The van der Waals surface area contributed by atoms with E-state index in [4.69, 9.17) is 9.84 Å². The van der Waals surface area contributed by atoms with Crippen LogP contribution < -0.4 is 20.4 Å². The Morgan fingerprint density at radius 1 is 1.50 bits per heavy atom. The highest BCUT2D eigenvalue weighted by molar-refractivity contribution is 9.10. The Morgan fingerprint density at radius 3 is 2.92 bits per heavy atom. The lowest BCUT2D eigenvalue weighted by molar-refractivity contribution is -0.122. The molecule has 9 nitrogen and oxygen atoms in total. The average Bonchev–Trinajstić information content (AvgIpc) is 2.56. The van der Waals surface area contributed by atoms with Crippen molar-refractivity contribution in [3.63, 3.8) is 0 Å². The molecule has 1 aromatic carbocycles. The third kappa shape index (κ3) is 2.64. The Balaban J connectivity index is 1.65. The smallest absolute Gasteiger partial charge is 0.407 e. The predicted octanol–water partition coefficient (Wildman–Crippen LogP) is 1.64. The molecular formula is C16H18BrN5O4. The van der Waals surface area contributed by atoms with Gasteiger partial charge in [-0.3, -0.25) is 4.79 Å². The van der Waals surface area contributed by atoms with Crippen LogP contribution >= 0.6 is 15.9 Å². The highest BCUT2D eigenvalue weighted by Gasteiger charge is 2.42. The van der Waals surface area contributed by atoms with Gasteiger partial charge in [-0.2, -0.15) is 5.10 Å². The number of fused-ring (bicyclic) bond motifs is 3. The number of nitrogens with one attached hydrogen (secondary N) is 2. The SMILES string of the molecule is C[C@@H]1C(=O)NN=C2COc3cc(Br)c(NC4(C)CN(C(=O)O)C4)cc3N21. The number of hydrazone groups is 1. The van der Waals surface area contributed by atoms with Crippen molar-refractivity contribution in [3.05, 3.63) is 16.6 Å². The number of carbonyl (C=O) groups is 2. The minimum Gasteiger partial charge on any atom is -0.483 e. The number of amides is 2. The van der Waals surface area contributed by atoms with Gasteiger partial charge in [0.2, 0.25) is 0 Å². The summed E-state index contributed by atoms with van der Waals surface area (Å²) in [7, 11) is 0. The molecular weight excluding hydrogens is 406 g/mol. The van der Waals surface area contributed by atoms with Gasteiger partial charge in [0.1, 0.15) is 18.4 Å². The highest BCUT2D eigenvalue weighted by atomic mass is 79.9. The molecule has 1 atom stereocenters. The van der Waals surface area contributed by atoms with Crippen molar-refractivity contribution in [2.45, 2.75) is 25.4 Å². The zero-order valence-corrected chi connectivity index (χ0v) is 15.8. The van der Waals surface area contributed by atoms with Gasteiger partial charge in [0.05, 0.1) is 16.9 Å². The van der Waals surface area contributed by atoms with E-state index in [1.165, 1.54) is 4.90 Å². The minimum absolute atomic E-state index is 0.179. The number of nitrogens with zero attached hydrogens (tertiary/aromatic N) is 3. The van der Waals surface area contributed by atoms with Crippen LogP contribution in [0.2, 0.25) is 0 Å². The van der Waals surface area contributed by atoms with E-state index in [1.54, 1.807) is 0 Å². The van der Waals surface area contributed by atoms with Gasteiger partial charge in [-0.15, -0.1) is 0 Å². The summed E-state index contributed by atoms with van der Waals surface area (Å²) in [5, 5.41) is 16.5. The molecule has 0 saturated carbocycles. The van der Waals surface area contributed by atoms with Crippen LogP contribution in [0.3, 0.4) is 0 Å². The molecule has 2 amide bonds. The zero-order valence-electron chi connectivity index (χ0n) is 14.2. The molecule has 26 heavy (non-hydrogen) atoms. The van der Waals surface area contributed by atoms with Crippen LogP contribution in [0.4, 0.5) is 16.2 Å². The molecule has 0 aromatic heterocycles. The highest BCUT2D eigenvalue weighted by Crippen LogP contribution is 2.42. The number of hydrogen-bond donors (Lipinski definition) is 3. The number of anilines is 2. The van der Waals surface area contributed by atoms with Crippen LogP contribution in [0, 0.1) is 0 Å². The number of benzene rings is 1. The molecule has 3 heterocycles. The summed E-state index contributed by atoms with van der Waals surface area (Å²) in [6.45, 7) is 4.86. The molecule has 4 rings (SSSR count). The second-order valence-electron chi connectivity index (χ2n) is 6.96. The van der Waals surface area contributed by atoms with Crippen molar-refractivity contribution in [2.75, 3.05) is 29.9 Å². The van der Waals surface area contributed by atoms with Crippen molar-refractivity contribution < 1.29 is 19.4 Å². The Labute approximate surface area is 158 Å². The molecule has 3 aliphatic heterocycles. The molecule has 138 valence electrons. The molecule has 3 N–H and O–H groups in total. The third-order valence-corrected chi connectivity index (χ3v) is 5.45. The summed E-state index contributed by atoms with van der Waals surface area (Å²) in [4.78, 5) is 26.2. The first-order valence-corrected chi connectivity index (χ1v) is 8.95. The van der Waals surface area contributed by atoms with Gasteiger partial charge >= 0.3 is 6.09 Å². The second-order valence-corrected chi connectivity index (χ2v) is 7.82. The Hall–Kier alpha value is -2.49. The Bertz CT molecular complexity index is 836. The number of carbonyl (C=O) groups excluding carboxylic acids is 1. The fourth-order valence-corrected chi connectivity index (χ4v) is 3.90. The maximum atomic E-state index is 12.0. The van der Waals surface area contributed by atoms with Gasteiger partial charge < -0.3 is 25.0 Å². The number of halogens is 1. The van der Waals surface area contributed by atoms with E-state index < -0.39 is 12.1 Å². The third-order valence-electron chi connectivity index (χ3n) is 4.79. The van der Waals surface area contributed by atoms with Crippen molar-refractivity contribution in [2.24, 2.45) is 5.10 Å². The number of likely N-dealkylation sites (tertiary alicyclic amines) is 1. The second kappa shape index (κ2) is 5.76. The van der Waals surface area contributed by atoms with E-state index in [2.05, 4.69) is 31.8 Å². The molecule has 0 unspecified atom stereocenters. The zero-order chi connectivity index (χ0) is 18.6. The Kier molecular flexibility index (Phi) is 3.76. The molecule has 0 radical (unpaired) electrons. The van der Waals surface area contributed by atoms with Crippen LogP contribution in [-0.2, 0) is 4.79 Å². The van der Waals surface area contributed by atoms with Gasteiger partial charge in [-0.05, 0) is 41.9 Å². The van der Waals surface area contributed by atoms with Crippen molar-refractivity contribution >= 4 is 45.1 Å². The monoisotopic (exact) mass is 423 g/mol. The van der Waals surface area contributed by atoms with Crippen LogP contribution in [0.1, 0.15) is 13.8 Å². The lowest BCUT2D eigenvalue weighted by Crippen LogP contribution is -2.65. The largest absolute Gasteiger partial charge is 0.483 e. The minimum atomic E-state index is -0.920. The van der Waals surface area contributed by atoms with Gasteiger partial charge in [0.25, 0.3) is 5.91 Å². The topological polar surface area (TPSA) is 106 Å². The average molecular weight is 424 g/mol. The van der Waals surface area contributed by atoms with Crippen molar-refractivity contribution in [1.82, 2.24) is 10.3 Å². The number of ether oxygens (including phenoxy) is 1. The maximum absolute atomic E-state index is 12.0. The molecule has 0 bridgehead atoms. The summed E-state index contributed by atoms with van der Waals surface area (Å²) in [6.07, 6.45) is -0.920. The summed E-state index contributed by atoms with van der Waals surface area (Å²) < 4.78 is 6.57. The molecule has 1 fully saturated rings. The summed E-state index contributed by atoms with van der Waals surface area (Å²) in [6, 6.07) is 3.35. The number of carboxylic acid groups (broad SMARTS) is 1. The predicted molar refractivity (Wildman–Crippen MR) is 98.8 cm³/mol. The first-order chi connectivity index (χ1) is 12.3. The summed E-state index contributed by atoms with van der Waals surface area (Å²) >= 11 is 3.54. The van der Waals surface area contributed by atoms with E-state index in [0.717, 1.165) is 15.8 Å². The summed E-state index contributed by atoms with van der Waals surface area (Å²) in [5.74, 6) is 1.13. The summed E-state index contributed by atoms with van der Waals surface area (Å²) in [5.41, 5.74) is 3.70. The fraction of sp³-hybridized carbons (Fsp3) is 0.438.